The van der Waals surface area contributed by atoms with Crippen molar-refractivity contribution in [3.63, 3.8) is 0 Å². The normalized spacial score (nSPS) is 9.67. The molecule has 1 aromatic rings. The summed E-state index contributed by atoms with van der Waals surface area (Å²) in [4.78, 5) is 11.0. The van der Waals surface area contributed by atoms with Gasteiger partial charge in [0.2, 0.25) is 0 Å². The number of aryl methyl sites for hydroxylation is 1. The highest BCUT2D eigenvalue weighted by atomic mass is 79.9. The number of carboxylic acids is 1. The number of carboxylic acid groups (broad SMARTS) is 1. The maximum Gasteiger partial charge on any atom is 0.336 e. The summed E-state index contributed by atoms with van der Waals surface area (Å²) in [6.07, 6.45) is 0.720. The lowest BCUT2D eigenvalue weighted by Crippen LogP contribution is -2.05. The Kier molecular flexibility index (Phi) is 3.87. The van der Waals surface area contributed by atoms with Crippen LogP contribution >= 0.6 is 15.9 Å². The summed E-state index contributed by atoms with van der Waals surface area (Å²) in [5.41, 5.74) is 2.06. The topological polar surface area (TPSA) is 61.1 Å². The summed E-state index contributed by atoms with van der Waals surface area (Å²) in [5.74, 6) is -0.990. The molecule has 1 rings (SSSR count). The highest BCUT2D eigenvalue weighted by Gasteiger charge is 2.14. The lowest BCUT2D eigenvalue weighted by Gasteiger charge is -2.07. The van der Waals surface area contributed by atoms with Crippen molar-refractivity contribution in [2.75, 3.05) is 0 Å². The van der Waals surface area contributed by atoms with Crippen molar-refractivity contribution in [2.45, 2.75) is 18.7 Å². The molecule has 0 aliphatic rings. The largest absolute Gasteiger partial charge is 0.478 e. The average molecular weight is 268 g/mol. The minimum absolute atomic E-state index is 0.211. The molecule has 0 heterocycles. The molecule has 1 aromatic carbocycles. The van der Waals surface area contributed by atoms with Gasteiger partial charge in [-0.1, -0.05) is 22.9 Å². The van der Waals surface area contributed by atoms with E-state index >= 15 is 0 Å². The second kappa shape index (κ2) is 4.94. The smallest absolute Gasteiger partial charge is 0.336 e. The Morgan fingerprint density at radius 3 is 2.67 bits per heavy atom. The molecule has 0 spiro atoms. The van der Waals surface area contributed by atoms with Crippen LogP contribution in [0.25, 0.3) is 0 Å². The molecule has 78 valence electrons. The van der Waals surface area contributed by atoms with Crippen LogP contribution < -0.4 is 0 Å². The van der Waals surface area contributed by atoms with Gasteiger partial charge in [0.25, 0.3) is 0 Å². The number of halogens is 1. The van der Waals surface area contributed by atoms with Gasteiger partial charge in [-0.3, -0.25) is 0 Å². The van der Waals surface area contributed by atoms with Crippen molar-refractivity contribution in [2.24, 2.45) is 0 Å². The fourth-order valence-corrected chi connectivity index (χ4v) is 1.97. The summed E-state index contributed by atoms with van der Waals surface area (Å²) in [5, 5.41) is 18.3. The first-order valence-electron chi connectivity index (χ1n) is 4.49. The molecular weight excluding hydrogens is 258 g/mol. The Bertz CT molecular complexity index is 435. The van der Waals surface area contributed by atoms with Gasteiger partial charge < -0.3 is 5.11 Å². The molecule has 0 aliphatic heterocycles. The van der Waals surface area contributed by atoms with Crippen molar-refractivity contribution in [3.8, 4) is 6.07 Å². The van der Waals surface area contributed by atoms with E-state index < -0.39 is 5.97 Å². The zero-order valence-corrected chi connectivity index (χ0v) is 9.84. The molecule has 0 saturated heterocycles. The number of hydrogen-bond donors (Lipinski definition) is 1. The molecular formula is C11H10BrNO2. The second-order valence-electron chi connectivity index (χ2n) is 3.07. The molecule has 1 N–H and O–H groups in total. The number of rotatable bonds is 3. The van der Waals surface area contributed by atoms with Crippen molar-refractivity contribution in [1.82, 2.24) is 0 Å². The highest BCUT2D eigenvalue weighted by Crippen LogP contribution is 2.20. The van der Waals surface area contributed by atoms with Gasteiger partial charge in [0.05, 0.1) is 17.2 Å². The van der Waals surface area contributed by atoms with Gasteiger partial charge in [0, 0.05) is 5.33 Å². The van der Waals surface area contributed by atoms with Gasteiger partial charge >= 0.3 is 5.97 Å². The van der Waals surface area contributed by atoms with E-state index in [-0.39, 0.29) is 5.56 Å². The first kappa shape index (κ1) is 11.7. The molecule has 0 aliphatic carbocycles. The van der Waals surface area contributed by atoms with E-state index in [0.29, 0.717) is 16.5 Å². The first-order chi connectivity index (χ1) is 7.13. The monoisotopic (exact) mass is 267 g/mol. The van der Waals surface area contributed by atoms with Crippen molar-refractivity contribution in [1.29, 1.82) is 5.26 Å². The Balaban J connectivity index is 3.48. The zero-order valence-electron chi connectivity index (χ0n) is 8.25. The predicted molar refractivity (Wildman–Crippen MR) is 60.1 cm³/mol. The maximum absolute atomic E-state index is 11.0. The van der Waals surface area contributed by atoms with E-state index in [1.54, 1.807) is 12.1 Å². The van der Waals surface area contributed by atoms with Crippen molar-refractivity contribution >= 4 is 21.9 Å². The second-order valence-corrected chi connectivity index (χ2v) is 3.63. The number of aromatic carboxylic acids is 1. The van der Waals surface area contributed by atoms with Gasteiger partial charge in [0.1, 0.15) is 0 Å². The molecule has 0 bridgehead atoms. The Morgan fingerprint density at radius 1 is 1.60 bits per heavy atom. The summed E-state index contributed by atoms with van der Waals surface area (Å²) < 4.78 is 0. The molecule has 4 heteroatoms. The van der Waals surface area contributed by atoms with Gasteiger partial charge in [-0.2, -0.15) is 5.26 Å². The molecule has 0 unspecified atom stereocenters. The van der Waals surface area contributed by atoms with Crippen LogP contribution in [0.15, 0.2) is 12.1 Å². The summed E-state index contributed by atoms with van der Waals surface area (Å²) >= 11 is 3.20. The van der Waals surface area contributed by atoms with Crippen LogP contribution in [0.1, 0.15) is 34.0 Å². The van der Waals surface area contributed by atoms with E-state index in [9.17, 15) is 4.79 Å². The third-order valence-corrected chi connectivity index (χ3v) is 2.76. The minimum Gasteiger partial charge on any atom is -0.478 e. The van der Waals surface area contributed by atoms with Crippen LogP contribution in [0.4, 0.5) is 0 Å². The lowest BCUT2D eigenvalue weighted by molar-refractivity contribution is 0.0696. The number of alkyl halides is 1. The molecule has 3 nitrogen and oxygen atoms in total. The fourth-order valence-electron chi connectivity index (χ4n) is 1.37. The van der Waals surface area contributed by atoms with Gasteiger partial charge in [-0.25, -0.2) is 4.79 Å². The van der Waals surface area contributed by atoms with E-state index in [2.05, 4.69) is 15.9 Å². The average Bonchev–Trinajstić information content (AvgIpc) is 2.26. The van der Waals surface area contributed by atoms with Crippen LogP contribution in [0.3, 0.4) is 0 Å². The zero-order chi connectivity index (χ0) is 11.4. The third-order valence-electron chi connectivity index (χ3n) is 2.20. The summed E-state index contributed by atoms with van der Waals surface area (Å²) in [6.45, 7) is 1.93. The Morgan fingerprint density at radius 2 is 2.27 bits per heavy atom. The number of nitriles is 1. The third kappa shape index (κ3) is 2.37. The van der Waals surface area contributed by atoms with Crippen LogP contribution in [-0.2, 0) is 11.8 Å². The van der Waals surface area contributed by atoms with E-state index in [1.807, 2.05) is 13.0 Å². The van der Waals surface area contributed by atoms with E-state index in [0.717, 1.165) is 12.0 Å². The standard InChI is InChI=1S/C11H10BrNO2/c1-2-7-3-8(6-13)10(5-12)9(4-7)11(14)15/h3-4H,2,5H2,1H3,(H,14,15). The molecule has 0 atom stereocenters. The van der Waals surface area contributed by atoms with Crippen LogP contribution in [0.2, 0.25) is 0 Å². The number of carbonyl (C=O) groups is 1. The number of hydrogen-bond acceptors (Lipinski definition) is 2. The highest BCUT2D eigenvalue weighted by molar-refractivity contribution is 9.08. The molecule has 0 aromatic heterocycles. The Hall–Kier alpha value is -1.34. The molecule has 0 fully saturated rings. The quantitative estimate of drug-likeness (QED) is 0.857. The van der Waals surface area contributed by atoms with Crippen LogP contribution in [0, 0.1) is 11.3 Å². The van der Waals surface area contributed by atoms with Crippen molar-refractivity contribution < 1.29 is 9.90 Å². The summed E-state index contributed by atoms with van der Waals surface area (Å²) in [6, 6.07) is 5.39. The number of nitrogens with zero attached hydrogens (tertiary/aromatic N) is 1. The van der Waals surface area contributed by atoms with Gasteiger partial charge in [-0.15, -0.1) is 0 Å². The number of benzene rings is 1. The molecule has 15 heavy (non-hydrogen) atoms. The summed E-state index contributed by atoms with van der Waals surface area (Å²) in [7, 11) is 0. The molecule has 0 radical (unpaired) electrons. The Labute approximate surface area is 96.5 Å². The SMILES string of the molecule is CCc1cc(C#N)c(CBr)c(C(=O)O)c1. The lowest BCUT2D eigenvalue weighted by atomic mass is 9.98. The van der Waals surface area contributed by atoms with Crippen molar-refractivity contribution in [3.05, 3.63) is 34.4 Å². The molecule has 0 amide bonds. The minimum atomic E-state index is -0.990. The van der Waals surface area contributed by atoms with Gasteiger partial charge in [-0.05, 0) is 29.7 Å². The first-order valence-corrected chi connectivity index (χ1v) is 5.61. The van der Waals surface area contributed by atoms with Gasteiger partial charge in [0.15, 0.2) is 0 Å². The molecule has 0 saturated carbocycles. The maximum atomic E-state index is 11.0. The van der Waals surface area contributed by atoms with E-state index in [4.69, 9.17) is 10.4 Å². The predicted octanol–water partition coefficient (Wildman–Crippen LogP) is 2.71. The van der Waals surface area contributed by atoms with E-state index in [1.165, 1.54) is 0 Å². The fraction of sp³-hybridized carbons (Fsp3) is 0.273. The van der Waals surface area contributed by atoms with Crippen LogP contribution in [0.5, 0.6) is 0 Å². The van der Waals surface area contributed by atoms with Crippen LogP contribution in [-0.4, -0.2) is 11.1 Å².